The van der Waals surface area contributed by atoms with Gasteiger partial charge in [0, 0.05) is 25.6 Å². The first-order valence-electron chi connectivity index (χ1n) is 8.19. The number of hydrazine groups is 1. The minimum atomic E-state index is -0.463. The van der Waals surface area contributed by atoms with Crippen LogP contribution < -0.4 is 9.91 Å². The standard InChI is InChI=1S/C19H19N3O4/c1-20(17-10-6-5-7-15(17)13-26-14-23)19(25)22-18(24)11-12-21(22)16-8-3-2-4-9-16/h2-10,14H,11-13H2,1H3. The van der Waals surface area contributed by atoms with E-state index in [1.54, 1.807) is 36.3 Å². The molecule has 0 bridgehead atoms. The van der Waals surface area contributed by atoms with Gasteiger partial charge in [0.05, 0.1) is 11.4 Å². The molecular formula is C19H19N3O4. The maximum absolute atomic E-state index is 13.0. The number of imide groups is 1. The number of ether oxygens (including phenoxy) is 1. The fraction of sp³-hybridized carbons (Fsp3) is 0.211. The van der Waals surface area contributed by atoms with Crippen LogP contribution in [0.5, 0.6) is 0 Å². The van der Waals surface area contributed by atoms with Crippen LogP contribution in [0.15, 0.2) is 54.6 Å². The van der Waals surface area contributed by atoms with E-state index in [0.717, 1.165) is 10.7 Å². The van der Waals surface area contributed by atoms with Crippen molar-refractivity contribution in [2.75, 3.05) is 23.5 Å². The highest BCUT2D eigenvalue weighted by atomic mass is 16.5. The van der Waals surface area contributed by atoms with Crippen molar-refractivity contribution >= 4 is 29.8 Å². The third kappa shape index (κ3) is 3.37. The molecule has 1 fully saturated rings. The van der Waals surface area contributed by atoms with Crippen LogP contribution in [0, 0.1) is 0 Å². The number of amides is 3. The van der Waals surface area contributed by atoms with Crippen LogP contribution in [0.3, 0.4) is 0 Å². The zero-order valence-electron chi connectivity index (χ0n) is 14.4. The van der Waals surface area contributed by atoms with E-state index in [4.69, 9.17) is 4.74 Å². The molecule has 0 aromatic heterocycles. The molecule has 0 unspecified atom stereocenters. The Hall–Kier alpha value is -3.35. The lowest BCUT2D eigenvalue weighted by molar-refractivity contribution is -0.129. The normalized spacial score (nSPS) is 13.7. The summed E-state index contributed by atoms with van der Waals surface area (Å²) in [7, 11) is 1.59. The summed E-state index contributed by atoms with van der Waals surface area (Å²) in [5.74, 6) is -0.257. The Morgan fingerprint density at radius 1 is 1.15 bits per heavy atom. The van der Waals surface area contributed by atoms with Gasteiger partial charge in [-0.05, 0) is 18.2 Å². The number of nitrogens with zero attached hydrogens (tertiary/aromatic N) is 3. The minimum absolute atomic E-state index is 0.0492. The first-order valence-corrected chi connectivity index (χ1v) is 8.19. The van der Waals surface area contributed by atoms with Crippen molar-refractivity contribution < 1.29 is 19.1 Å². The summed E-state index contributed by atoms with van der Waals surface area (Å²) in [5, 5.41) is 2.83. The maximum atomic E-state index is 13.0. The molecule has 0 radical (unpaired) electrons. The summed E-state index contributed by atoms with van der Waals surface area (Å²) < 4.78 is 4.82. The molecule has 7 heteroatoms. The van der Waals surface area contributed by atoms with Gasteiger partial charge >= 0.3 is 6.03 Å². The molecule has 0 spiro atoms. The summed E-state index contributed by atoms with van der Waals surface area (Å²) in [6, 6.07) is 15.9. The molecular weight excluding hydrogens is 334 g/mol. The minimum Gasteiger partial charge on any atom is -0.463 e. The average molecular weight is 353 g/mol. The van der Waals surface area contributed by atoms with Gasteiger partial charge in [0.2, 0.25) is 0 Å². The van der Waals surface area contributed by atoms with E-state index in [1.807, 2.05) is 30.3 Å². The molecule has 1 aliphatic rings. The van der Waals surface area contributed by atoms with Crippen molar-refractivity contribution in [2.45, 2.75) is 13.0 Å². The number of benzene rings is 2. The maximum Gasteiger partial charge on any atom is 0.350 e. The van der Waals surface area contributed by atoms with Crippen LogP contribution in [-0.4, -0.2) is 37.0 Å². The van der Waals surface area contributed by atoms with E-state index in [2.05, 4.69) is 0 Å². The van der Waals surface area contributed by atoms with Gasteiger partial charge in [0.25, 0.3) is 12.4 Å². The smallest absolute Gasteiger partial charge is 0.350 e. The molecule has 1 aliphatic heterocycles. The number of anilines is 2. The van der Waals surface area contributed by atoms with Gasteiger partial charge in [0.15, 0.2) is 0 Å². The van der Waals surface area contributed by atoms with Gasteiger partial charge in [-0.1, -0.05) is 36.4 Å². The lowest BCUT2D eigenvalue weighted by Gasteiger charge is -2.32. The SMILES string of the molecule is CN(C(=O)N1C(=O)CCN1c1ccccc1)c1ccccc1COC=O. The Labute approximate surface area is 151 Å². The van der Waals surface area contributed by atoms with Crippen LogP contribution in [0.2, 0.25) is 0 Å². The molecule has 1 heterocycles. The van der Waals surface area contributed by atoms with Crippen LogP contribution in [-0.2, 0) is 20.9 Å². The predicted molar refractivity (Wildman–Crippen MR) is 96.3 cm³/mol. The van der Waals surface area contributed by atoms with Crippen molar-refractivity contribution in [2.24, 2.45) is 0 Å². The monoisotopic (exact) mass is 353 g/mol. The number of hydrogen-bond donors (Lipinski definition) is 0. The highest BCUT2D eigenvalue weighted by Crippen LogP contribution is 2.26. The van der Waals surface area contributed by atoms with E-state index in [9.17, 15) is 14.4 Å². The second kappa shape index (κ2) is 7.69. The number of para-hydroxylation sites is 2. The van der Waals surface area contributed by atoms with E-state index < -0.39 is 6.03 Å². The number of hydrogen-bond acceptors (Lipinski definition) is 5. The van der Waals surface area contributed by atoms with Gasteiger partial charge in [-0.15, -0.1) is 0 Å². The number of urea groups is 1. The van der Waals surface area contributed by atoms with Crippen LogP contribution in [0.25, 0.3) is 0 Å². The quantitative estimate of drug-likeness (QED) is 0.773. The third-order valence-electron chi connectivity index (χ3n) is 4.20. The summed E-state index contributed by atoms with van der Waals surface area (Å²) in [6.45, 7) is 0.853. The van der Waals surface area contributed by atoms with Gasteiger partial charge in [-0.2, -0.15) is 5.01 Å². The lowest BCUT2D eigenvalue weighted by Crippen LogP contribution is -2.50. The molecule has 3 amide bonds. The first-order chi connectivity index (χ1) is 12.6. The van der Waals surface area contributed by atoms with Crippen molar-refractivity contribution in [3.8, 4) is 0 Å². The van der Waals surface area contributed by atoms with Crippen LogP contribution in [0.4, 0.5) is 16.2 Å². The Balaban J connectivity index is 1.88. The number of carbonyl (C=O) groups excluding carboxylic acids is 3. The van der Waals surface area contributed by atoms with Crippen molar-refractivity contribution in [1.82, 2.24) is 5.01 Å². The van der Waals surface area contributed by atoms with Gasteiger partial charge in [0.1, 0.15) is 6.61 Å². The fourth-order valence-corrected chi connectivity index (χ4v) is 2.93. The fourth-order valence-electron chi connectivity index (χ4n) is 2.93. The molecule has 2 aromatic carbocycles. The third-order valence-corrected chi connectivity index (χ3v) is 4.20. The van der Waals surface area contributed by atoms with Gasteiger partial charge in [-0.3, -0.25) is 19.5 Å². The van der Waals surface area contributed by atoms with Crippen LogP contribution in [0.1, 0.15) is 12.0 Å². The molecule has 0 atom stereocenters. The highest BCUT2D eigenvalue weighted by molar-refractivity contribution is 6.05. The summed E-state index contributed by atoms with van der Waals surface area (Å²) in [4.78, 5) is 37.3. The molecule has 3 rings (SSSR count). The van der Waals surface area contributed by atoms with Crippen molar-refractivity contribution in [3.05, 3.63) is 60.2 Å². The second-order valence-electron chi connectivity index (χ2n) is 5.79. The van der Waals surface area contributed by atoms with Crippen molar-refractivity contribution in [3.63, 3.8) is 0 Å². The predicted octanol–water partition coefficient (Wildman–Crippen LogP) is 2.57. The molecule has 0 saturated carbocycles. The molecule has 0 N–H and O–H groups in total. The van der Waals surface area contributed by atoms with E-state index in [0.29, 0.717) is 24.3 Å². The lowest BCUT2D eigenvalue weighted by atomic mass is 10.2. The average Bonchev–Trinajstić information content (AvgIpc) is 3.07. The Kier molecular flexibility index (Phi) is 5.17. The van der Waals surface area contributed by atoms with Crippen molar-refractivity contribution in [1.29, 1.82) is 0 Å². The molecule has 134 valence electrons. The Morgan fingerprint density at radius 3 is 2.58 bits per heavy atom. The molecule has 7 nitrogen and oxygen atoms in total. The highest BCUT2D eigenvalue weighted by Gasteiger charge is 2.37. The molecule has 1 saturated heterocycles. The van der Waals surface area contributed by atoms with E-state index >= 15 is 0 Å². The topological polar surface area (TPSA) is 70.2 Å². The van der Waals surface area contributed by atoms with E-state index in [1.165, 1.54) is 4.90 Å². The molecule has 26 heavy (non-hydrogen) atoms. The Bertz CT molecular complexity index is 809. The number of carbonyl (C=O) groups is 3. The second-order valence-corrected chi connectivity index (χ2v) is 5.79. The van der Waals surface area contributed by atoms with Gasteiger partial charge in [-0.25, -0.2) is 4.79 Å². The largest absolute Gasteiger partial charge is 0.463 e. The molecule has 0 aliphatic carbocycles. The van der Waals surface area contributed by atoms with E-state index in [-0.39, 0.29) is 18.9 Å². The first kappa shape index (κ1) is 17.5. The summed E-state index contributed by atoms with van der Waals surface area (Å²) in [6.07, 6.45) is 0.268. The molecule has 2 aromatic rings. The summed E-state index contributed by atoms with van der Waals surface area (Å²) in [5.41, 5.74) is 2.03. The zero-order chi connectivity index (χ0) is 18.5. The zero-order valence-corrected chi connectivity index (χ0v) is 14.4. The van der Waals surface area contributed by atoms with Crippen LogP contribution >= 0.6 is 0 Å². The summed E-state index contributed by atoms with van der Waals surface area (Å²) >= 11 is 0. The van der Waals surface area contributed by atoms with Gasteiger partial charge < -0.3 is 4.74 Å². The number of rotatable bonds is 5. The Morgan fingerprint density at radius 2 is 1.85 bits per heavy atom.